The number of hydrogen-bond donors (Lipinski definition) is 1. The molecular formula is C26H34ClN3O3. The quantitative estimate of drug-likeness (QED) is 0.546. The van der Waals surface area contributed by atoms with Gasteiger partial charge in [0, 0.05) is 20.1 Å². The highest BCUT2D eigenvalue weighted by molar-refractivity contribution is 6.32. The van der Waals surface area contributed by atoms with Gasteiger partial charge in [-0.25, -0.2) is 4.79 Å². The molecule has 1 saturated carbocycles. The topological polar surface area (TPSA) is 54.0 Å². The SMILES string of the molecule is COc1ccc(C)cc1NC(=O)N(C)CC1CC(Oc2cccc(CN3CCCC3)c2Cl)C1. The van der Waals surface area contributed by atoms with Crippen molar-refractivity contribution in [1.29, 1.82) is 0 Å². The van der Waals surface area contributed by atoms with Crippen molar-refractivity contribution in [2.45, 2.75) is 45.3 Å². The number of nitrogens with zero attached hydrogens (tertiary/aromatic N) is 2. The van der Waals surface area contributed by atoms with Crippen LogP contribution in [0, 0.1) is 12.8 Å². The normalized spacial score (nSPS) is 20.2. The second kappa shape index (κ2) is 10.7. The fraction of sp³-hybridized carbons (Fsp3) is 0.500. The Morgan fingerprint density at radius 3 is 2.67 bits per heavy atom. The predicted octanol–water partition coefficient (Wildman–Crippen LogP) is 5.57. The monoisotopic (exact) mass is 471 g/mol. The molecule has 1 N–H and O–H groups in total. The number of ether oxygens (including phenoxy) is 2. The molecule has 0 aromatic heterocycles. The maximum absolute atomic E-state index is 12.7. The summed E-state index contributed by atoms with van der Waals surface area (Å²) in [4.78, 5) is 16.8. The van der Waals surface area contributed by atoms with Gasteiger partial charge in [0.1, 0.15) is 11.5 Å². The number of carbonyl (C=O) groups is 1. The molecule has 4 rings (SSSR count). The molecule has 1 aliphatic carbocycles. The van der Waals surface area contributed by atoms with Crippen LogP contribution >= 0.6 is 11.6 Å². The van der Waals surface area contributed by atoms with Crippen molar-refractivity contribution < 1.29 is 14.3 Å². The van der Waals surface area contributed by atoms with Crippen LogP contribution < -0.4 is 14.8 Å². The van der Waals surface area contributed by atoms with Gasteiger partial charge in [-0.1, -0.05) is 29.8 Å². The van der Waals surface area contributed by atoms with Crippen LogP contribution in [-0.4, -0.2) is 55.7 Å². The fourth-order valence-electron chi connectivity index (χ4n) is 4.65. The summed E-state index contributed by atoms with van der Waals surface area (Å²) in [7, 11) is 3.43. The molecule has 0 bridgehead atoms. The Balaban J connectivity index is 1.25. The lowest BCUT2D eigenvalue weighted by Crippen LogP contribution is -2.43. The molecule has 6 nitrogen and oxygen atoms in total. The molecule has 7 heteroatoms. The maximum atomic E-state index is 12.7. The van der Waals surface area contributed by atoms with Crippen LogP contribution in [0.4, 0.5) is 10.5 Å². The van der Waals surface area contributed by atoms with E-state index in [1.54, 1.807) is 12.0 Å². The highest BCUT2D eigenvalue weighted by atomic mass is 35.5. The van der Waals surface area contributed by atoms with Gasteiger partial charge >= 0.3 is 6.03 Å². The summed E-state index contributed by atoms with van der Waals surface area (Å²) in [6, 6.07) is 11.7. The summed E-state index contributed by atoms with van der Waals surface area (Å²) in [6.07, 6.45) is 4.50. The molecule has 0 atom stereocenters. The number of anilines is 1. The summed E-state index contributed by atoms with van der Waals surface area (Å²) in [5.74, 6) is 1.84. The summed E-state index contributed by atoms with van der Waals surface area (Å²) in [5.41, 5.74) is 2.89. The second-order valence-electron chi connectivity index (χ2n) is 9.30. The Labute approximate surface area is 201 Å². The number of likely N-dealkylation sites (tertiary alicyclic amines) is 1. The summed E-state index contributed by atoms with van der Waals surface area (Å²) >= 11 is 6.66. The number of rotatable bonds is 8. The molecule has 1 aliphatic heterocycles. The number of benzene rings is 2. The number of carbonyl (C=O) groups excluding carboxylic acids is 1. The van der Waals surface area contributed by atoms with Crippen LogP contribution in [0.2, 0.25) is 5.02 Å². The molecule has 178 valence electrons. The van der Waals surface area contributed by atoms with Crippen LogP contribution in [0.15, 0.2) is 36.4 Å². The lowest BCUT2D eigenvalue weighted by molar-refractivity contribution is 0.0532. The van der Waals surface area contributed by atoms with Gasteiger partial charge in [0.05, 0.1) is 23.9 Å². The summed E-state index contributed by atoms with van der Waals surface area (Å²) in [6.45, 7) is 5.84. The van der Waals surface area contributed by atoms with E-state index >= 15 is 0 Å². The predicted molar refractivity (Wildman–Crippen MR) is 132 cm³/mol. The van der Waals surface area contributed by atoms with Crippen LogP contribution in [0.25, 0.3) is 0 Å². The van der Waals surface area contributed by atoms with Crippen molar-refractivity contribution in [1.82, 2.24) is 9.80 Å². The van der Waals surface area contributed by atoms with Crippen LogP contribution in [0.1, 0.15) is 36.8 Å². The van der Waals surface area contributed by atoms with E-state index in [2.05, 4.69) is 16.3 Å². The molecule has 1 heterocycles. The Hall–Kier alpha value is -2.44. The Morgan fingerprint density at radius 2 is 1.94 bits per heavy atom. The van der Waals surface area contributed by atoms with Gasteiger partial charge in [-0.15, -0.1) is 0 Å². The third kappa shape index (κ3) is 5.92. The minimum Gasteiger partial charge on any atom is -0.495 e. The molecule has 0 unspecified atom stereocenters. The molecule has 2 aromatic carbocycles. The van der Waals surface area contributed by atoms with Crippen molar-refractivity contribution in [3.8, 4) is 11.5 Å². The third-order valence-corrected chi connectivity index (χ3v) is 7.03. The van der Waals surface area contributed by atoms with Crippen molar-refractivity contribution in [2.24, 2.45) is 5.92 Å². The van der Waals surface area contributed by atoms with Gasteiger partial charge in [-0.05, 0) is 80.9 Å². The third-order valence-electron chi connectivity index (χ3n) is 6.60. The lowest BCUT2D eigenvalue weighted by Gasteiger charge is -2.37. The van der Waals surface area contributed by atoms with E-state index in [1.807, 2.05) is 44.3 Å². The van der Waals surface area contributed by atoms with Gasteiger partial charge in [0.25, 0.3) is 0 Å². The molecule has 0 radical (unpaired) electrons. The van der Waals surface area contributed by atoms with Crippen molar-refractivity contribution in [3.63, 3.8) is 0 Å². The zero-order valence-electron chi connectivity index (χ0n) is 19.8. The average molecular weight is 472 g/mol. The first-order chi connectivity index (χ1) is 15.9. The number of methoxy groups -OCH3 is 1. The van der Waals surface area contributed by atoms with Crippen molar-refractivity contribution in [3.05, 3.63) is 52.5 Å². The minimum atomic E-state index is -0.138. The van der Waals surface area contributed by atoms with Gasteiger partial charge in [-0.3, -0.25) is 4.90 Å². The number of halogens is 1. The summed E-state index contributed by atoms with van der Waals surface area (Å²) in [5, 5.41) is 3.69. The molecule has 2 aromatic rings. The van der Waals surface area contributed by atoms with Gasteiger partial charge in [-0.2, -0.15) is 0 Å². The van der Waals surface area contributed by atoms with E-state index in [0.717, 1.165) is 54.4 Å². The van der Waals surface area contributed by atoms with E-state index in [4.69, 9.17) is 21.1 Å². The van der Waals surface area contributed by atoms with Crippen LogP contribution in [-0.2, 0) is 6.54 Å². The minimum absolute atomic E-state index is 0.138. The van der Waals surface area contributed by atoms with Gasteiger partial charge in [0.2, 0.25) is 0 Å². The molecule has 33 heavy (non-hydrogen) atoms. The lowest BCUT2D eigenvalue weighted by atomic mass is 9.82. The molecule has 1 saturated heterocycles. The standard InChI is InChI=1S/C26H34ClN3O3/c1-18-9-10-23(32-3)22(13-18)28-26(31)29(2)16-19-14-21(15-19)33-24-8-6-7-20(25(24)27)17-30-11-4-5-12-30/h6-10,13,19,21H,4-5,11-12,14-17H2,1-3H3,(H,28,31). The highest BCUT2D eigenvalue weighted by Gasteiger charge is 2.33. The number of urea groups is 1. The second-order valence-corrected chi connectivity index (χ2v) is 9.68. The molecule has 0 spiro atoms. The number of hydrogen-bond acceptors (Lipinski definition) is 4. The first kappa shape index (κ1) is 23.7. The van der Waals surface area contributed by atoms with E-state index in [1.165, 1.54) is 12.8 Å². The van der Waals surface area contributed by atoms with Crippen LogP contribution in [0.5, 0.6) is 11.5 Å². The molecule has 2 amide bonds. The number of amides is 2. The average Bonchev–Trinajstić information content (AvgIpc) is 3.28. The maximum Gasteiger partial charge on any atom is 0.321 e. The van der Waals surface area contributed by atoms with E-state index in [0.29, 0.717) is 23.9 Å². The molecular weight excluding hydrogens is 438 g/mol. The van der Waals surface area contributed by atoms with Crippen molar-refractivity contribution in [2.75, 3.05) is 39.1 Å². The number of aryl methyl sites for hydroxylation is 1. The van der Waals surface area contributed by atoms with Crippen LogP contribution in [0.3, 0.4) is 0 Å². The zero-order valence-corrected chi connectivity index (χ0v) is 20.5. The van der Waals surface area contributed by atoms with E-state index in [-0.39, 0.29) is 12.1 Å². The Bertz CT molecular complexity index is 971. The van der Waals surface area contributed by atoms with E-state index < -0.39 is 0 Å². The fourth-order valence-corrected chi connectivity index (χ4v) is 4.88. The Morgan fingerprint density at radius 1 is 1.18 bits per heavy atom. The smallest absolute Gasteiger partial charge is 0.321 e. The van der Waals surface area contributed by atoms with E-state index in [9.17, 15) is 4.79 Å². The number of nitrogens with one attached hydrogen (secondary N) is 1. The van der Waals surface area contributed by atoms with Gasteiger partial charge in [0.15, 0.2) is 0 Å². The zero-order chi connectivity index (χ0) is 23.4. The largest absolute Gasteiger partial charge is 0.495 e. The molecule has 2 aliphatic rings. The Kier molecular flexibility index (Phi) is 7.66. The van der Waals surface area contributed by atoms with Crippen molar-refractivity contribution >= 4 is 23.3 Å². The van der Waals surface area contributed by atoms with Gasteiger partial charge < -0.3 is 19.7 Å². The highest BCUT2D eigenvalue weighted by Crippen LogP contribution is 2.36. The first-order valence-electron chi connectivity index (χ1n) is 11.8. The molecule has 2 fully saturated rings. The summed E-state index contributed by atoms with van der Waals surface area (Å²) < 4.78 is 11.6. The first-order valence-corrected chi connectivity index (χ1v) is 12.1.